The molecule has 0 fully saturated rings. The molecule has 2 aromatic rings. The van der Waals surface area contributed by atoms with Crippen LogP contribution in [-0.2, 0) is 0 Å². The maximum absolute atomic E-state index is 12.1. The van der Waals surface area contributed by atoms with Crippen molar-refractivity contribution in [3.8, 4) is 0 Å². The summed E-state index contributed by atoms with van der Waals surface area (Å²) < 4.78 is 0.847. The summed E-state index contributed by atoms with van der Waals surface area (Å²) in [4.78, 5) is 16.3. The molecule has 4 nitrogen and oxygen atoms in total. The second-order valence-corrected chi connectivity index (χ2v) is 5.10. The quantitative estimate of drug-likeness (QED) is 0.855. The van der Waals surface area contributed by atoms with Gasteiger partial charge in [-0.25, -0.2) is 0 Å². The van der Waals surface area contributed by atoms with Gasteiger partial charge in [0.05, 0.1) is 17.3 Å². The molecule has 3 N–H and O–H groups in total. The molecule has 0 radical (unpaired) electrons. The summed E-state index contributed by atoms with van der Waals surface area (Å²) in [5.41, 5.74) is 7.55. The number of nitrogens with zero attached hydrogens (tertiary/aromatic N) is 1. The van der Waals surface area contributed by atoms with Gasteiger partial charge < -0.3 is 11.1 Å². The number of anilines is 1. The van der Waals surface area contributed by atoms with E-state index in [9.17, 15) is 4.79 Å². The van der Waals surface area contributed by atoms with Gasteiger partial charge in [-0.3, -0.25) is 9.78 Å². The van der Waals surface area contributed by atoms with E-state index in [1.807, 2.05) is 25.1 Å². The van der Waals surface area contributed by atoms with Gasteiger partial charge in [-0.1, -0.05) is 22.0 Å². The van der Waals surface area contributed by atoms with Gasteiger partial charge in [0.25, 0.3) is 5.91 Å². The Bertz CT molecular complexity index is 586. The highest BCUT2D eigenvalue weighted by Crippen LogP contribution is 2.19. The SMILES string of the molecule is CC(NC(=O)c1ccc(Br)cc1N)c1ccccn1. The van der Waals surface area contributed by atoms with Crippen molar-refractivity contribution in [1.29, 1.82) is 0 Å². The van der Waals surface area contributed by atoms with Crippen LogP contribution in [0, 0.1) is 0 Å². The van der Waals surface area contributed by atoms with Crippen LogP contribution in [0.4, 0.5) is 5.69 Å². The zero-order valence-corrected chi connectivity index (χ0v) is 12.0. The van der Waals surface area contributed by atoms with Crippen molar-refractivity contribution in [2.75, 3.05) is 5.73 Å². The van der Waals surface area contributed by atoms with Crippen LogP contribution >= 0.6 is 15.9 Å². The predicted octanol–water partition coefficient (Wildman–Crippen LogP) is 2.92. The second kappa shape index (κ2) is 5.84. The number of carbonyl (C=O) groups excluding carboxylic acids is 1. The van der Waals surface area contributed by atoms with Crippen molar-refractivity contribution < 1.29 is 4.79 Å². The summed E-state index contributed by atoms with van der Waals surface area (Å²) in [5, 5.41) is 2.88. The van der Waals surface area contributed by atoms with Gasteiger partial charge in [-0.05, 0) is 37.3 Å². The van der Waals surface area contributed by atoms with Crippen LogP contribution in [0.25, 0.3) is 0 Å². The molecule has 0 saturated carbocycles. The van der Waals surface area contributed by atoms with Crippen LogP contribution in [0.15, 0.2) is 47.1 Å². The number of nitrogens with two attached hydrogens (primary N) is 1. The molecule has 0 aliphatic rings. The van der Waals surface area contributed by atoms with Crippen molar-refractivity contribution in [3.05, 3.63) is 58.3 Å². The Labute approximate surface area is 120 Å². The lowest BCUT2D eigenvalue weighted by Gasteiger charge is -2.14. The Balaban J connectivity index is 2.13. The van der Waals surface area contributed by atoms with Crippen LogP contribution < -0.4 is 11.1 Å². The number of hydrogen-bond acceptors (Lipinski definition) is 3. The number of amides is 1. The number of hydrogen-bond donors (Lipinski definition) is 2. The van der Waals surface area contributed by atoms with Gasteiger partial charge in [-0.15, -0.1) is 0 Å². The fraction of sp³-hybridized carbons (Fsp3) is 0.143. The standard InChI is InChI=1S/C14H14BrN3O/c1-9(13-4-2-3-7-17-13)18-14(19)11-6-5-10(15)8-12(11)16/h2-9H,16H2,1H3,(H,18,19). The van der Waals surface area contributed by atoms with Crippen LogP contribution in [0.1, 0.15) is 29.0 Å². The van der Waals surface area contributed by atoms with Crippen molar-refractivity contribution in [2.24, 2.45) is 0 Å². The topological polar surface area (TPSA) is 68.0 Å². The van der Waals surface area contributed by atoms with E-state index >= 15 is 0 Å². The monoisotopic (exact) mass is 319 g/mol. The highest BCUT2D eigenvalue weighted by molar-refractivity contribution is 9.10. The largest absolute Gasteiger partial charge is 0.398 e. The highest BCUT2D eigenvalue weighted by atomic mass is 79.9. The van der Waals surface area contributed by atoms with Gasteiger partial charge in [-0.2, -0.15) is 0 Å². The minimum absolute atomic E-state index is 0.170. The van der Waals surface area contributed by atoms with Crippen molar-refractivity contribution in [2.45, 2.75) is 13.0 Å². The number of carbonyl (C=O) groups is 1. The minimum atomic E-state index is -0.205. The van der Waals surface area contributed by atoms with Crippen molar-refractivity contribution >= 4 is 27.5 Å². The third kappa shape index (κ3) is 3.32. The van der Waals surface area contributed by atoms with E-state index in [2.05, 4.69) is 26.2 Å². The Morgan fingerprint density at radius 1 is 1.37 bits per heavy atom. The van der Waals surface area contributed by atoms with Gasteiger partial charge in [0.1, 0.15) is 0 Å². The first-order valence-electron chi connectivity index (χ1n) is 5.84. The van der Waals surface area contributed by atoms with E-state index in [1.165, 1.54) is 0 Å². The zero-order valence-electron chi connectivity index (χ0n) is 10.4. The Hall–Kier alpha value is -1.88. The molecule has 1 unspecified atom stereocenters. The lowest BCUT2D eigenvalue weighted by atomic mass is 10.1. The van der Waals surface area contributed by atoms with Gasteiger partial charge in [0.15, 0.2) is 0 Å². The Kier molecular flexibility index (Phi) is 4.16. The second-order valence-electron chi connectivity index (χ2n) is 4.18. The lowest BCUT2D eigenvalue weighted by Crippen LogP contribution is -2.27. The Morgan fingerprint density at radius 2 is 2.16 bits per heavy atom. The summed E-state index contributed by atoms with van der Waals surface area (Å²) >= 11 is 3.31. The van der Waals surface area contributed by atoms with Gasteiger partial charge in [0, 0.05) is 16.4 Å². The third-order valence-electron chi connectivity index (χ3n) is 2.74. The molecule has 19 heavy (non-hydrogen) atoms. The van der Waals surface area contributed by atoms with Gasteiger partial charge >= 0.3 is 0 Å². The molecule has 1 heterocycles. The summed E-state index contributed by atoms with van der Waals surface area (Å²) in [6, 6.07) is 10.6. The van der Waals surface area contributed by atoms with Crippen molar-refractivity contribution in [3.63, 3.8) is 0 Å². The molecule has 0 bridgehead atoms. The van der Waals surface area contributed by atoms with Crippen molar-refractivity contribution in [1.82, 2.24) is 10.3 Å². The third-order valence-corrected chi connectivity index (χ3v) is 3.23. The molecule has 0 spiro atoms. The summed E-state index contributed by atoms with van der Waals surface area (Å²) in [6.45, 7) is 1.88. The normalized spacial score (nSPS) is 11.9. The number of nitrogens with one attached hydrogen (secondary N) is 1. The van der Waals surface area contributed by atoms with Gasteiger partial charge in [0.2, 0.25) is 0 Å². The summed E-state index contributed by atoms with van der Waals surface area (Å²) in [6.07, 6.45) is 1.70. The van der Waals surface area contributed by atoms with E-state index in [0.29, 0.717) is 11.3 Å². The molecular formula is C14H14BrN3O. The molecule has 0 aliphatic carbocycles. The molecule has 0 aliphatic heterocycles. The molecule has 98 valence electrons. The number of nitrogen functional groups attached to an aromatic ring is 1. The first-order valence-corrected chi connectivity index (χ1v) is 6.64. The summed E-state index contributed by atoms with van der Waals surface area (Å²) in [5.74, 6) is -0.205. The molecule has 0 saturated heterocycles. The van der Waals surface area contributed by atoms with E-state index in [4.69, 9.17) is 5.73 Å². The lowest BCUT2D eigenvalue weighted by molar-refractivity contribution is 0.0940. The number of pyridine rings is 1. The molecule has 1 aromatic heterocycles. The van der Waals surface area contributed by atoms with E-state index in [-0.39, 0.29) is 11.9 Å². The number of aromatic nitrogens is 1. The molecule has 1 aromatic carbocycles. The first-order chi connectivity index (χ1) is 9.08. The molecule has 1 amide bonds. The molecule has 1 atom stereocenters. The first kappa shape index (κ1) is 13.5. The van der Waals surface area contributed by atoms with Crippen LogP contribution in [0.2, 0.25) is 0 Å². The number of halogens is 1. The molecule has 5 heteroatoms. The van der Waals surface area contributed by atoms with E-state index in [0.717, 1.165) is 10.2 Å². The average molecular weight is 320 g/mol. The maximum atomic E-state index is 12.1. The summed E-state index contributed by atoms with van der Waals surface area (Å²) in [7, 11) is 0. The van der Waals surface area contributed by atoms with Crippen LogP contribution in [0.5, 0.6) is 0 Å². The average Bonchev–Trinajstić information content (AvgIpc) is 2.39. The van der Waals surface area contributed by atoms with Crippen LogP contribution in [0.3, 0.4) is 0 Å². The van der Waals surface area contributed by atoms with E-state index < -0.39 is 0 Å². The minimum Gasteiger partial charge on any atom is -0.398 e. The fourth-order valence-corrected chi connectivity index (χ4v) is 2.10. The maximum Gasteiger partial charge on any atom is 0.253 e. The number of benzene rings is 1. The molecule has 2 rings (SSSR count). The zero-order chi connectivity index (χ0) is 13.8. The smallest absolute Gasteiger partial charge is 0.253 e. The Morgan fingerprint density at radius 3 is 2.79 bits per heavy atom. The highest BCUT2D eigenvalue weighted by Gasteiger charge is 2.14. The fourth-order valence-electron chi connectivity index (χ4n) is 1.72. The van der Waals surface area contributed by atoms with Crippen LogP contribution in [-0.4, -0.2) is 10.9 Å². The number of rotatable bonds is 3. The predicted molar refractivity (Wildman–Crippen MR) is 78.7 cm³/mol. The molecular weight excluding hydrogens is 306 g/mol. The van der Waals surface area contributed by atoms with E-state index in [1.54, 1.807) is 24.4 Å².